The molecule has 2 heterocycles. The normalized spacial score (nSPS) is 16.6. The molecule has 0 aliphatic carbocycles. The molecule has 1 aliphatic heterocycles. The van der Waals surface area contributed by atoms with Crippen LogP contribution in [0.5, 0.6) is 5.75 Å². The Morgan fingerprint density at radius 1 is 1.03 bits per heavy atom. The van der Waals surface area contributed by atoms with E-state index in [9.17, 15) is 5.11 Å². The molecule has 0 bridgehead atoms. The molecule has 3 aromatic carbocycles. The first-order valence-corrected chi connectivity index (χ1v) is 11.7. The lowest BCUT2D eigenvalue weighted by Gasteiger charge is -2.38. The summed E-state index contributed by atoms with van der Waals surface area (Å²) in [7, 11) is 0. The number of aromatic nitrogens is 2. The third-order valence-electron chi connectivity index (χ3n) is 6.16. The maximum Gasteiger partial charge on any atom is 0.120 e. The number of piperidine rings is 1. The average Bonchev–Trinajstić information content (AvgIpc) is 3.22. The van der Waals surface area contributed by atoms with Crippen LogP contribution in [-0.4, -0.2) is 33.1 Å². The number of aromatic hydroxyl groups is 1. The Morgan fingerprint density at radius 3 is 2.52 bits per heavy atom. The number of aromatic amines is 1. The van der Waals surface area contributed by atoms with E-state index in [1.807, 2.05) is 36.4 Å². The Hall–Kier alpha value is -2.34. The summed E-state index contributed by atoms with van der Waals surface area (Å²) in [5.41, 5.74) is 4.15. The van der Waals surface area contributed by atoms with Gasteiger partial charge in [0.1, 0.15) is 11.6 Å². The SMILES string of the molecule is Oc1ccc(Br)cc1C(c1ccc(Cl)cc1)N1CCC(c2nc3ccccc3[nH]2)CC1. The molecule has 4 aromatic rings. The van der Waals surface area contributed by atoms with E-state index in [1.54, 1.807) is 6.07 Å². The Bertz CT molecular complexity index is 1170. The van der Waals surface area contributed by atoms with Crippen molar-refractivity contribution in [3.63, 3.8) is 0 Å². The van der Waals surface area contributed by atoms with Gasteiger partial charge in [-0.25, -0.2) is 4.98 Å². The number of nitrogens with one attached hydrogen (secondary N) is 1. The van der Waals surface area contributed by atoms with Crippen LogP contribution in [0.1, 0.15) is 41.8 Å². The van der Waals surface area contributed by atoms with Gasteiger partial charge >= 0.3 is 0 Å². The summed E-state index contributed by atoms with van der Waals surface area (Å²) in [4.78, 5) is 10.8. The van der Waals surface area contributed by atoms with Gasteiger partial charge in [-0.15, -0.1) is 0 Å². The molecule has 2 N–H and O–H groups in total. The molecule has 0 saturated carbocycles. The highest BCUT2D eigenvalue weighted by molar-refractivity contribution is 9.10. The first kappa shape index (κ1) is 20.6. The van der Waals surface area contributed by atoms with Crippen LogP contribution in [0.2, 0.25) is 5.02 Å². The van der Waals surface area contributed by atoms with Crippen LogP contribution in [0, 0.1) is 0 Å². The van der Waals surface area contributed by atoms with E-state index < -0.39 is 0 Å². The van der Waals surface area contributed by atoms with Crippen LogP contribution in [-0.2, 0) is 0 Å². The van der Waals surface area contributed by atoms with Gasteiger partial charge in [0.25, 0.3) is 0 Å². The second-order valence-corrected chi connectivity index (χ2v) is 9.46. The zero-order chi connectivity index (χ0) is 21.4. The molecule has 0 radical (unpaired) electrons. The third-order valence-corrected chi connectivity index (χ3v) is 6.90. The Balaban J connectivity index is 1.42. The summed E-state index contributed by atoms with van der Waals surface area (Å²) < 4.78 is 0.955. The van der Waals surface area contributed by atoms with Crippen molar-refractivity contribution in [2.45, 2.75) is 24.8 Å². The molecule has 1 saturated heterocycles. The number of hydrogen-bond acceptors (Lipinski definition) is 3. The number of benzene rings is 3. The molecule has 31 heavy (non-hydrogen) atoms. The third kappa shape index (κ3) is 4.22. The lowest BCUT2D eigenvalue weighted by molar-refractivity contribution is 0.170. The molecule has 158 valence electrons. The lowest BCUT2D eigenvalue weighted by atomic mass is 9.90. The molecular weight excluding hydrogens is 474 g/mol. The van der Waals surface area contributed by atoms with E-state index in [-0.39, 0.29) is 6.04 Å². The number of rotatable bonds is 4. The summed E-state index contributed by atoms with van der Waals surface area (Å²) in [6.45, 7) is 1.84. The Kier molecular flexibility index (Phi) is 5.74. The fraction of sp³-hybridized carbons (Fsp3) is 0.240. The summed E-state index contributed by atoms with van der Waals surface area (Å²) in [6, 6.07) is 21.7. The van der Waals surface area contributed by atoms with Gasteiger partial charge in [0.2, 0.25) is 0 Å². The van der Waals surface area contributed by atoms with Gasteiger partial charge in [0, 0.05) is 21.0 Å². The second kappa shape index (κ2) is 8.65. The number of phenolic OH excluding ortho intramolecular Hbond substituents is 1. The topological polar surface area (TPSA) is 52.1 Å². The van der Waals surface area contributed by atoms with E-state index in [0.717, 1.165) is 58.4 Å². The Morgan fingerprint density at radius 2 is 1.77 bits per heavy atom. The van der Waals surface area contributed by atoms with Crippen molar-refractivity contribution in [2.24, 2.45) is 0 Å². The van der Waals surface area contributed by atoms with E-state index in [4.69, 9.17) is 16.6 Å². The quantitative estimate of drug-likeness (QED) is 0.332. The minimum atomic E-state index is -0.0358. The number of imidazole rings is 1. The molecule has 1 aromatic heterocycles. The fourth-order valence-electron chi connectivity index (χ4n) is 4.57. The average molecular weight is 497 g/mol. The van der Waals surface area contributed by atoms with Crippen LogP contribution in [0.4, 0.5) is 0 Å². The van der Waals surface area contributed by atoms with Crippen molar-refractivity contribution in [2.75, 3.05) is 13.1 Å². The number of halogens is 2. The summed E-state index contributed by atoms with van der Waals surface area (Å²) >= 11 is 9.71. The van der Waals surface area contributed by atoms with Gasteiger partial charge in [-0.3, -0.25) is 4.90 Å². The van der Waals surface area contributed by atoms with Crippen LogP contribution < -0.4 is 0 Å². The highest BCUT2D eigenvalue weighted by atomic mass is 79.9. The number of phenols is 1. The van der Waals surface area contributed by atoms with Crippen molar-refractivity contribution in [3.8, 4) is 5.75 Å². The molecule has 1 atom stereocenters. The maximum atomic E-state index is 10.7. The highest BCUT2D eigenvalue weighted by Gasteiger charge is 2.30. The number of para-hydroxylation sites is 2. The van der Waals surface area contributed by atoms with Gasteiger partial charge in [0.05, 0.1) is 17.1 Å². The van der Waals surface area contributed by atoms with Gasteiger partial charge < -0.3 is 10.1 Å². The molecule has 1 unspecified atom stereocenters. The van der Waals surface area contributed by atoms with Gasteiger partial charge in [-0.2, -0.15) is 0 Å². The maximum absolute atomic E-state index is 10.7. The van der Waals surface area contributed by atoms with Crippen LogP contribution >= 0.6 is 27.5 Å². The summed E-state index contributed by atoms with van der Waals surface area (Å²) in [6.07, 6.45) is 2.03. The number of hydrogen-bond donors (Lipinski definition) is 2. The zero-order valence-electron chi connectivity index (χ0n) is 16.9. The van der Waals surface area contributed by atoms with Crippen LogP contribution in [0.15, 0.2) is 71.2 Å². The monoisotopic (exact) mass is 495 g/mol. The Labute approximate surface area is 195 Å². The van der Waals surface area contributed by atoms with Crippen molar-refractivity contribution in [1.82, 2.24) is 14.9 Å². The lowest BCUT2D eigenvalue weighted by Crippen LogP contribution is -2.37. The smallest absolute Gasteiger partial charge is 0.120 e. The molecule has 4 nitrogen and oxygen atoms in total. The molecule has 1 fully saturated rings. The summed E-state index contributed by atoms with van der Waals surface area (Å²) in [5, 5.41) is 11.4. The van der Waals surface area contributed by atoms with Crippen molar-refractivity contribution in [3.05, 3.63) is 93.2 Å². The van der Waals surface area contributed by atoms with Crippen molar-refractivity contribution in [1.29, 1.82) is 0 Å². The van der Waals surface area contributed by atoms with E-state index in [2.05, 4.69) is 50.1 Å². The molecule has 0 amide bonds. The molecule has 6 heteroatoms. The van der Waals surface area contributed by atoms with E-state index in [0.29, 0.717) is 16.7 Å². The standard InChI is InChI=1S/C25H23BrClN3O/c26-18-7-10-23(31)20(15-18)24(16-5-8-19(27)9-6-16)30-13-11-17(12-14-30)25-28-21-3-1-2-4-22(21)29-25/h1-10,15,17,24,31H,11-14H2,(H,28,29). The van der Waals surface area contributed by atoms with Gasteiger partial charge in [-0.05, 0) is 74.0 Å². The highest BCUT2D eigenvalue weighted by Crippen LogP contribution is 2.39. The predicted octanol–water partition coefficient (Wildman–Crippen LogP) is 6.65. The van der Waals surface area contributed by atoms with Gasteiger partial charge in [-0.1, -0.05) is 51.8 Å². The largest absolute Gasteiger partial charge is 0.508 e. The minimum absolute atomic E-state index is 0.0358. The fourth-order valence-corrected chi connectivity index (χ4v) is 5.08. The van der Waals surface area contributed by atoms with Gasteiger partial charge in [0.15, 0.2) is 0 Å². The number of likely N-dealkylation sites (tertiary alicyclic amines) is 1. The predicted molar refractivity (Wildman–Crippen MR) is 129 cm³/mol. The first-order chi connectivity index (χ1) is 15.1. The first-order valence-electron chi connectivity index (χ1n) is 10.5. The van der Waals surface area contributed by atoms with E-state index in [1.165, 1.54) is 0 Å². The second-order valence-electron chi connectivity index (χ2n) is 8.11. The minimum Gasteiger partial charge on any atom is -0.508 e. The van der Waals surface area contributed by atoms with E-state index >= 15 is 0 Å². The van der Waals surface area contributed by atoms with Crippen molar-refractivity contribution >= 4 is 38.6 Å². The molecular formula is C25H23BrClN3O. The van der Waals surface area contributed by atoms with Crippen molar-refractivity contribution < 1.29 is 5.11 Å². The molecule has 5 rings (SSSR count). The number of H-pyrrole nitrogens is 1. The molecule has 0 spiro atoms. The number of nitrogens with zero attached hydrogens (tertiary/aromatic N) is 2. The molecule has 1 aliphatic rings. The number of fused-ring (bicyclic) bond motifs is 1. The zero-order valence-corrected chi connectivity index (χ0v) is 19.3. The van der Waals surface area contributed by atoms with Crippen LogP contribution in [0.3, 0.4) is 0 Å². The van der Waals surface area contributed by atoms with Crippen LogP contribution in [0.25, 0.3) is 11.0 Å². The summed E-state index contributed by atoms with van der Waals surface area (Å²) in [5.74, 6) is 1.79.